The molecule has 0 aromatic rings. The number of ketones is 1. The van der Waals surface area contributed by atoms with Crippen LogP contribution in [0.5, 0.6) is 0 Å². The zero-order valence-electron chi connectivity index (χ0n) is 14.4. The lowest BCUT2D eigenvalue weighted by molar-refractivity contribution is -0.124. The van der Waals surface area contributed by atoms with Crippen LogP contribution >= 0.6 is 0 Å². The van der Waals surface area contributed by atoms with Crippen molar-refractivity contribution in [2.45, 2.75) is 77.7 Å². The van der Waals surface area contributed by atoms with Crippen LogP contribution in [0.1, 0.15) is 72.1 Å². The zero-order valence-corrected chi connectivity index (χ0v) is 14.4. The SMILES string of the molecule is CC12CCC(=O)C=C1CCC1C2CCC2(C)C1CCC2(C)[OH2+]. The van der Waals surface area contributed by atoms with Gasteiger partial charge in [-0.05, 0) is 67.8 Å². The molecule has 0 aromatic heterocycles. The maximum Gasteiger partial charge on any atom is 0.166 e. The van der Waals surface area contributed by atoms with E-state index in [1.165, 1.54) is 31.3 Å². The van der Waals surface area contributed by atoms with Crippen molar-refractivity contribution in [3.05, 3.63) is 11.6 Å². The summed E-state index contributed by atoms with van der Waals surface area (Å²) in [5, 5.41) is 8.81. The Balaban J connectivity index is 1.70. The van der Waals surface area contributed by atoms with Crippen LogP contribution in [0.2, 0.25) is 0 Å². The summed E-state index contributed by atoms with van der Waals surface area (Å²) in [7, 11) is 0. The fourth-order valence-electron chi connectivity index (χ4n) is 6.83. The van der Waals surface area contributed by atoms with Gasteiger partial charge in [-0.15, -0.1) is 0 Å². The molecule has 3 saturated carbocycles. The van der Waals surface area contributed by atoms with Gasteiger partial charge in [0.05, 0.1) is 0 Å². The van der Waals surface area contributed by atoms with Crippen molar-refractivity contribution in [1.82, 2.24) is 0 Å². The van der Waals surface area contributed by atoms with E-state index in [1.807, 2.05) is 6.08 Å². The number of fused-ring (bicyclic) bond motifs is 5. The van der Waals surface area contributed by atoms with Gasteiger partial charge in [0.25, 0.3) is 0 Å². The van der Waals surface area contributed by atoms with E-state index in [9.17, 15) is 4.79 Å². The number of rotatable bonds is 0. The molecule has 4 rings (SSSR count). The lowest BCUT2D eigenvalue weighted by Crippen LogP contribution is -2.53. The maximum absolute atomic E-state index is 11.8. The average molecular weight is 303 g/mol. The first kappa shape index (κ1) is 14.9. The third-order valence-corrected chi connectivity index (χ3v) is 8.57. The monoisotopic (exact) mass is 303 g/mol. The molecule has 6 atom stereocenters. The van der Waals surface area contributed by atoms with Crippen molar-refractivity contribution < 1.29 is 9.90 Å². The number of hydrogen-bond acceptors (Lipinski definition) is 1. The minimum Gasteiger partial charge on any atom is -0.441 e. The minimum atomic E-state index is -0.234. The summed E-state index contributed by atoms with van der Waals surface area (Å²) >= 11 is 0. The Morgan fingerprint density at radius 3 is 2.50 bits per heavy atom. The van der Waals surface area contributed by atoms with Gasteiger partial charge in [-0.1, -0.05) is 19.4 Å². The third kappa shape index (κ3) is 1.74. The summed E-state index contributed by atoms with van der Waals surface area (Å²) in [5.74, 6) is 2.64. The van der Waals surface area contributed by atoms with Gasteiger partial charge in [0.2, 0.25) is 0 Å². The van der Waals surface area contributed by atoms with Crippen LogP contribution in [0.15, 0.2) is 11.6 Å². The van der Waals surface area contributed by atoms with E-state index in [4.69, 9.17) is 5.11 Å². The molecule has 6 unspecified atom stereocenters. The van der Waals surface area contributed by atoms with Gasteiger partial charge in [-0.25, -0.2) is 0 Å². The van der Waals surface area contributed by atoms with E-state index in [2.05, 4.69) is 20.8 Å². The van der Waals surface area contributed by atoms with E-state index in [0.29, 0.717) is 5.78 Å². The molecule has 4 aliphatic rings. The Hall–Kier alpha value is -0.630. The molecule has 2 heteroatoms. The number of carbonyl (C=O) groups is 1. The second kappa shape index (κ2) is 4.47. The molecule has 0 aliphatic heterocycles. The Kier molecular flexibility index (Phi) is 3.03. The molecular formula is C20H31O2+. The van der Waals surface area contributed by atoms with Crippen molar-refractivity contribution >= 4 is 5.78 Å². The van der Waals surface area contributed by atoms with E-state index in [-0.39, 0.29) is 16.4 Å². The van der Waals surface area contributed by atoms with Gasteiger partial charge in [-0.3, -0.25) is 4.79 Å². The normalized spacial score (nSPS) is 54.3. The van der Waals surface area contributed by atoms with Crippen LogP contribution in [-0.4, -0.2) is 16.5 Å². The largest absolute Gasteiger partial charge is 0.441 e. The van der Waals surface area contributed by atoms with Crippen molar-refractivity contribution in [2.75, 3.05) is 0 Å². The molecule has 3 fully saturated rings. The molecule has 0 saturated heterocycles. The fraction of sp³-hybridized carbons (Fsp3) is 0.850. The topological polar surface area (TPSA) is 40.0 Å². The molecule has 0 bridgehead atoms. The second-order valence-corrected chi connectivity index (χ2v) is 9.30. The molecule has 0 aromatic carbocycles. The summed E-state index contributed by atoms with van der Waals surface area (Å²) in [6, 6.07) is 0. The molecule has 0 radical (unpaired) electrons. The van der Waals surface area contributed by atoms with Gasteiger partial charge >= 0.3 is 0 Å². The lowest BCUT2D eigenvalue weighted by atomic mass is 9.46. The molecule has 2 nitrogen and oxygen atoms in total. The predicted octanol–water partition coefficient (Wildman–Crippen LogP) is 4.00. The van der Waals surface area contributed by atoms with E-state index < -0.39 is 0 Å². The Morgan fingerprint density at radius 2 is 1.73 bits per heavy atom. The number of hydrogen-bond donors (Lipinski definition) is 0. The fourth-order valence-corrected chi connectivity index (χ4v) is 6.83. The van der Waals surface area contributed by atoms with E-state index in [0.717, 1.165) is 43.4 Å². The van der Waals surface area contributed by atoms with Crippen LogP contribution in [0.25, 0.3) is 0 Å². The quantitative estimate of drug-likeness (QED) is 0.623. The van der Waals surface area contributed by atoms with Crippen LogP contribution in [0.3, 0.4) is 0 Å². The van der Waals surface area contributed by atoms with Crippen molar-refractivity contribution in [2.24, 2.45) is 28.6 Å². The summed E-state index contributed by atoms with van der Waals surface area (Å²) in [5.41, 5.74) is 1.72. The molecule has 0 amide bonds. The van der Waals surface area contributed by atoms with Gasteiger partial charge in [0.1, 0.15) is 0 Å². The zero-order chi connectivity index (χ0) is 15.8. The summed E-state index contributed by atoms with van der Waals surface area (Å²) in [6.07, 6.45) is 11.0. The first-order chi connectivity index (χ1) is 10.3. The summed E-state index contributed by atoms with van der Waals surface area (Å²) < 4.78 is 0. The molecule has 22 heavy (non-hydrogen) atoms. The molecular weight excluding hydrogens is 272 g/mol. The van der Waals surface area contributed by atoms with E-state index in [1.54, 1.807) is 0 Å². The summed E-state index contributed by atoms with van der Waals surface area (Å²) in [4.78, 5) is 11.8. The lowest BCUT2D eigenvalue weighted by Gasteiger charge is -2.57. The number of carbonyl (C=O) groups excluding carboxylic acids is 1. The van der Waals surface area contributed by atoms with Gasteiger partial charge in [0, 0.05) is 25.2 Å². The van der Waals surface area contributed by atoms with Crippen molar-refractivity contribution in [1.29, 1.82) is 0 Å². The molecule has 0 spiro atoms. The first-order valence-electron chi connectivity index (χ1n) is 9.27. The molecule has 122 valence electrons. The van der Waals surface area contributed by atoms with Crippen LogP contribution in [0.4, 0.5) is 0 Å². The van der Waals surface area contributed by atoms with E-state index >= 15 is 0 Å². The minimum absolute atomic E-state index is 0.218. The predicted molar refractivity (Wildman–Crippen MR) is 88.7 cm³/mol. The third-order valence-electron chi connectivity index (χ3n) is 8.57. The number of allylic oxidation sites excluding steroid dienone is 1. The standard InChI is InChI=1S/C20H30O2/c1-18-9-6-14(21)12-13(18)4-5-15-16(18)7-10-19(2)17(15)8-11-20(19,3)22/h12,15-17,22H,4-11H2,1-3H3/p+1. The second-order valence-electron chi connectivity index (χ2n) is 9.30. The smallest absolute Gasteiger partial charge is 0.166 e. The van der Waals surface area contributed by atoms with Crippen LogP contribution in [0, 0.1) is 28.6 Å². The Labute approximate surface area is 134 Å². The van der Waals surface area contributed by atoms with Crippen LogP contribution in [-0.2, 0) is 4.79 Å². The first-order valence-corrected chi connectivity index (χ1v) is 9.27. The molecule has 0 heterocycles. The summed E-state index contributed by atoms with van der Waals surface area (Å²) in [6.45, 7) is 7.04. The highest BCUT2D eigenvalue weighted by Crippen LogP contribution is 2.67. The van der Waals surface area contributed by atoms with Crippen molar-refractivity contribution in [3.63, 3.8) is 0 Å². The van der Waals surface area contributed by atoms with Gasteiger partial charge in [-0.2, -0.15) is 0 Å². The molecule has 2 N–H and O–H groups in total. The molecule has 4 aliphatic carbocycles. The van der Waals surface area contributed by atoms with Gasteiger partial charge in [0.15, 0.2) is 11.4 Å². The Bertz CT molecular complexity index is 546. The average Bonchev–Trinajstić information content (AvgIpc) is 2.70. The highest BCUT2D eigenvalue weighted by atomic mass is 16.3. The van der Waals surface area contributed by atoms with Crippen LogP contribution < -0.4 is 0 Å². The maximum atomic E-state index is 11.8. The highest BCUT2D eigenvalue weighted by molar-refractivity contribution is 5.91. The van der Waals surface area contributed by atoms with Gasteiger partial charge < -0.3 is 5.11 Å². The van der Waals surface area contributed by atoms with Crippen molar-refractivity contribution in [3.8, 4) is 0 Å². The highest BCUT2D eigenvalue weighted by Gasteiger charge is 2.64. The Morgan fingerprint density at radius 1 is 1.00 bits per heavy atom.